The third kappa shape index (κ3) is 4.34. The van der Waals surface area contributed by atoms with E-state index in [0.29, 0.717) is 12.2 Å². The average Bonchev–Trinajstić information content (AvgIpc) is 2.71. The summed E-state index contributed by atoms with van der Waals surface area (Å²) < 4.78 is 14.4. The highest BCUT2D eigenvalue weighted by atomic mass is 19.1. The molecule has 0 N–H and O–H groups in total. The van der Waals surface area contributed by atoms with Crippen molar-refractivity contribution in [2.75, 3.05) is 6.54 Å². The van der Waals surface area contributed by atoms with Gasteiger partial charge in [0.15, 0.2) is 0 Å². The normalized spacial score (nSPS) is 11.8. The summed E-state index contributed by atoms with van der Waals surface area (Å²) in [6.45, 7) is 4.06. The molecule has 3 aromatic rings. The first-order chi connectivity index (χ1) is 13.5. The number of halogens is 1. The number of amides is 1. The van der Waals surface area contributed by atoms with Gasteiger partial charge in [-0.1, -0.05) is 42.5 Å². The lowest BCUT2D eigenvalue weighted by Gasteiger charge is -2.28. The highest BCUT2D eigenvalue weighted by molar-refractivity contribution is 5.76. The van der Waals surface area contributed by atoms with E-state index in [1.165, 1.54) is 22.9 Å². The van der Waals surface area contributed by atoms with Crippen molar-refractivity contribution in [1.29, 1.82) is 0 Å². The first-order valence-electron chi connectivity index (χ1n) is 9.18. The van der Waals surface area contributed by atoms with Crippen LogP contribution in [0, 0.1) is 5.82 Å². The van der Waals surface area contributed by atoms with Crippen LogP contribution in [0.5, 0.6) is 0 Å². The molecule has 28 heavy (non-hydrogen) atoms. The van der Waals surface area contributed by atoms with Crippen LogP contribution in [0.25, 0.3) is 11.3 Å². The molecule has 1 atom stereocenters. The van der Waals surface area contributed by atoms with Gasteiger partial charge < -0.3 is 4.90 Å². The van der Waals surface area contributed by atoms with E-state index < -0.39 is 0 Å². The van der Waals surface area contributed by atoms with E-state index in [9.17, 15) is 14.0 Å². The van der Waals surface area contributed by atoms with Crippen molar-refractivity contribution in [1.82, 2.24) is 14.7 Å². The quantitative estimate of drug-likeness (QED) is 0.657. The molecule has 144 valence electrons. The van der Waals surface area contributed by atoms with Crippen molar-refractivity contribution in [2.45, 2.75) is 26.4 Å². The summed E-state index contributed by atoms with van der Waals surface area (Å²) in [5.41, 5.74) is 1.99. The number of rotatable bonds is 6. The van der Waals surface area contributed by atoms with Crippen molar-refractivity contribution < 1.29 is 9.18 Å². The van der Waals surface area contributed by atoms with E-state index >= 15 is 0 Å². The predicted molar refractivity (Wildman–Crippen MR) is 106 cm³/mol. The predicted octanol–water partition coefficient (Wildman–Crippen LogP) is 3.66. The van der Waals surface area contributed by atoms with Crippen molar-refractivity contribution >= 4 is 5.91 Å². The van der Waals surface area contributed by atoms with Crippen LogP contribution in [0.15, 0.2) is 71.5 Å². The number of hydrogen-bond donors (Lipinski definition) is 0. The zero-order valence-electron chi connectivity index (χ0n) is 15.9. The van der Waals surface area contributed by atoms with Gasteiger partial charge >= 0.3 is 0 Å². The summed E-state index contributed by atoms with van der Waals surface area (Å²) >= 11 is 0. The molecule has 2 aromatic carbocycles. The molecule has 0 spiro atoms. The molecule has 0 aliphatic carbocycles. The summed E-state index contributed by atoms with van der Waals surface area (Å²) in [6.07, 6.45) is 0. The lowest BCUT2D eigenvalue weighted by molar-refractivity contribution is -0.134. The van der Waals surface area contributed by atoms with Crippen LogP contribution in [-0.4, -0.2) is 27.1 Å². The van der Waals surface area contributed by atoms with Gasteiger partial charge in [-0.2, -0.15) is 5.10 Å². The monoisotopic (exact) mass is 379 g/mol. The standard InChI is InChI=1S/C22H22FN3O2/c1-3-25(16(2)17-9-11-19(23)12-10-17)22(28)15-26-21(27)14-13-20(24-26)18-7-5-4-6-8-18/h4-14,16H,3,15H2,1-2H3. The maximum atomic E-state index is 13.2. The molecule has 1 amide bonds. The third-order valence-corrected chi connectivity index (χ3v) is 4.70. The molecule has 1 aromatic heterocycles. The molecular weight excluding hydrogens is 357 g/mol. The van der Waals surface area contributed by atoms with Gasteiger partial charge in [-0.3, -0.25) is 9.59 Å². The molecule has 5 nitrogen and oxygen atoms in total. The topological polar surface area (TPSA) is 55.2 Å². The van der Waals surface area contributed by atoms with Gasteiger partial charge in [0.25, 0.3) is 5.56 Å². The van der Waals surface area contributed by atoms with Gasteiger partial charge in [0, 0.05) is 18.2 Å². The minimum absolute atomic E-state index is 0.154. The molecule has 3 rings (SSSR count). The van der Waals surface area contributed by atoms with Gasteiger partial charge in [0.1, 0.15) is 12.4 Å². The maximum absolute atomic E-state index is 13.2. The summed E-state index contributed by atoms with van der Waals surface area (Å²) in [4.78, 5) is 26.7. The van der Waals surface area contributed by atoms with Crippen LogP contribution in [0.4, 0.5) is 4.39 Å². The van der Waals surface area contributed by atoms with Crippen molar-refractivity contribution in [3.63, 3.8) is 0 Å². The zero-order valence-corrected chi connectivity index (χ0v) is 15.9. The number of likely N-dealkylation sites (N-methyl/N-ethyl adjacent to an activating group) is 1. The SMILES string of the molecule is CCN(C(=O)Cn1nc(-c2ccccc2)ccc1=O)C(C)c1ccc(F)cc1. The number of nitrogens with zero attached hydrogens (tertiary/aromatic N) is 3. The Hall–Kier alpha value is -3.28. The lowest BCUT2D eigenvalue weighted by atomic mass is 10.1. The van der Waals surface area contributed by atoms with Crippen LogP contribution < -0.4 is 5.56 Å². The number of carbonyl (C=O) groups excluding carboxylic acids is 1. The smallest absolute Gasteiger partial charge is 0.267 e. The van der Waals surface area contributed by atoms with Crippen LogP contribution in [0.1, 0.15) is 25.5 Å². The van der Waals surface area contributed by atoms with Crippen molar-refractivity contribution in [2.24, 2.45) is 0 Å². The molecule has 1 heterocycles. The van der Waals surface area contributed by atoms with Crippen LogP contribution in [-0.2, 0) is 11.3 Å². The fourth-order valence-corrected chi connectivity index (χ4v) is 3.13. The summed E-state index contributed by atoms with van der Waals surface area (Å²) in [7, 11) is 0. The zero-order chi connectivity index (χ0) is 20.1. The Morgan fingerprint density at radius 1 is 1.07 bits per heavy atom. The minimum atomic E-state index is -0.335. The maximum Gasteiger partial charge on any atom is 0.267 e. The molecule has 0 radical (unpaired) electrons. The van der Waals surface area contributed by atoms with Gasteiger partial charge in [0.2, 0.25) is 5.91 Å². The Labute approximate surface area is 163 Å². The van der Waals surface area contributed by atoms with Gasteiger partial charge in [-0.05, 0) is 37.6 Å². The highest BCUT2D eigenvalue weighted by Gasteiger charge is 2.21. The largest absolute Gasteiger partial charge is 0.335 e. The molecule has 0 aliphatic heterocycles. The van der Waals surface area contributed by atoms with Crippen LogP contribution in [0.2, 0.25) is 0 Å². The summed E-state index contributed by atoms with van der Waals surface area (Å²) in [5, 5.41) is 4.35. The average molecular weight is 379 g/mol. The van der Waals surface area contributed by atoms with E-state index in [4.69, 9.17) is 0 Å². The number of benzene rings is 2. The molecule has 6 heteroatoms. The fourth-order valence-electron chi connectivity index (χ4n) is 3.13. The first-order valence-corrected chi connectivity index (χ1v) is 9.18. The first kappa shape index (κ1) is 19.5. The second kappa shape index (κ2) is 8.61. The van der Waals surface area contributed by atoms with Gasteiger partial charge in [0.05, 0.1) is 11.7 Å². The summed E-state index contributed by atoms with van der Waals surface area (Å²) in [5.74, 6) is -0.544. The van der Waals surface area contributed by atoms with E-state index in [1.807, 2.05) is 44.2 Å². The van der Waals surface area contributed by atoms with Gasteiger partial charge in [-0.15, -0.1) is 0 Å². The Kier molecular flexibility index (Phi) is 5.99. The third-order valence-electron chi connectivity index (χ3n) is 4.70. The highest BCUT2D eigenvalue weighted by Crippen LogP contribution is 2.21. The molecule has 0 saturated heterocycles. The molecule has 0 aliphatic rings. The molecule has 1 unspecified atom stereocenters. The van der Waals surface area contributed by atoms with Gasteiger partial charge in [-0.25, -0.2) is 9.07 Å². The molecule has 0 fully saturated rings. The van der Waals surface area contributed by atoms with Crippen molar-refractivity contribution in [3.8, 4) is 11.3 Å². The van der Waals surface area contributed by atoms with Crippen LogP contribution in [0.3, 0.4) is 0 Å². The number of hydrogen-bond acceptors (Lipinski definition) is 3. The summed E-state index contributed by atoms with van der Waals surface area (Å²) in [6, 6.07) is 18.4. The van der Waals surface area contributed by atoms with E-state index in [-0.39, 0.29) is 29.9 Å². The number of aromatic nitrogens is 2. The van der Waals surface area contributed by atoms with E-state index in [1.54, 1.807) is 23.1 Å². The molecule has 0 bridgehead atoms. The second-order valence-electron chi connectivity index (χ2n) is 6.49. The Morgan fingerprint density at radius 2 is 1.75 bits per heavy atom. The second-order valence-corrected chi connectivity index (χ2v) is 6.49. The Balaban J connectivity index is 1.82. The van der Waals surface area contributed by atoms with E-state index in [2.05, 4.69) is 5.10 Å². The minimum Gasteiger partial charge on any atom is -0.335 e. The number of carbonyl (C=O) groups is 1. The fraction of sp³-hybridized carbons (Fsp3) is 0.227. The van der Waals surface area contributed by atoms with Crippen LogP contribution >= 0.6 is 0 Å². The Bertz CT molecular complexity index is 1000. The van der Waals surface area contributed by atoms with Crippen molar-refractivity contribution in [3.05, 3.63) is 88.5 Å². The Morgan fingerprint density at radius 3 is 2.39 bits per heavy atom. The molecular formula is C22H22FN3O2. The lowest BCUT2D eigenvalue weighted by Crippen LogP contribution is -2.38. The van der Waals surface area contributed by atoms with E-state index in [0.717, 1.165) is 11.1 Å². The molecule has 0 saturated carbocycles.